The van der Waals surface area contributed by atoms with Crippen molar-refractivity contribution in [2.75, 3.05) is 6.54 Å². The summed E-state index contributed by atoms with van der Waals surface area (Å²) < 4.78 is 0. The maximum Gasteiger partial charge on any atom is 0.0183 e. The third kappa shape index (κ3) is 4.24. The smallest absolute Gasteiger partial charge is 0.0183 e. The van der Waals surface area contributed by atoms with Gasteiger partial charge in [-0.3, -0.25) is 0 Å². The summed E-state index contributed by atoms with van der Waals surface area (Å²) in [6, 6.07) is 0. The summed E-state index contributed by atoms with van der Waals surface area (Å²) in [5, 5.41) is 0. The van der Waals surface area contributed by atoms with Gasteiger partial charge in [0.2, 0.25) is 0 Å². The number of hydrogen-bond donors (Lipinski definition) is 2. The molecule has 4 heteroatoms. The molecule has 0 aromatic rings. The molecular formula is C4H10Cl2N2. The van der Waals surface area contributed by atoms with Crippen molar-refractivity contribution >= 4 is 24.8 Å². The summed E-state index contributed by atoms with van der Waals surface area (Å²) in [6.45, 7) is 1.05. The van der Waals surface area contributed by atoms with Crippen molar-refractivity contribution in [2.24, 2.45) is 0 Å². The van der Waals surface area contributed by atoms with Crippen LogP contribution < -0.4 is 10.9 Å². The first-order chi connectivity index (χ1) is 3.00. The van der Waals surface area contributed by atoms with Crippen molar-refractivity contribution in [2.45, 2.75) is 6.42 Å². The summed E-state index contributed by atoms with van der Waals surface area (Å²) in [6.07, 6.45) is 5.15. The fraction of sp³-hybridized carbons (Fsp3) is 0.500. The van der Waals surface area contributed by atoms with Crippen molar-refractivity contribution in [3.63, 3.8) is 0 Å². The standard InChI is InChI=1S/C4H8N2.2ClH/c1-2-4-6-5-3-1;;/h1,3,5-6H,2,4H2;2*1H. The van der Waals surface area contributed by atoms with E-state index in [9.17, 15) is 0 Å². The van der Waals surface area contributed by atoms with Crippen molar-refractivity contribution in [1.82, 2.24) is 10.9 Å². The van der Waals surface area contributed by atoms with Crippen LogP contribution in [-0.2, 0) is 0 Å². The van der Waals surface area contributed by atoms with Crippen LogP contribution in [0.5, 0.6) is 0 Å². The van der Waals surface area contributed by atoms with Gasteiger partial charge in [-0.25, -0.2) is 5.43 Å². The minimum absolute atomic E-state index is 0. The molecule has 0 atom stereocenters. The number of halogens is 2. The maximum atomic E-state index is 2.95. The molecule has 8 heavy (non-hydrogen) atoms. The largest absolute Gasteiger partial charge is 0.329 e. The number of hydrogen-bond acceptors (Lipinski definition) is 2. The fourth-order valence-corrected chi connectivity index (χ4v) is 0.429. The Hall–Kier alpha value is 0.0800. The van der Waals surface area contributed by atoms with E-state index in [-0.39, 0.29) is 24.8 Å². The van der Waals surface area contributed by atoms with Gasteiger partial charge in [-0.2, -0.15) is 0 Å². The van der Waals surface area contributed by atoms with Crippen molar-refractivity contribution < 1.29 is 0 Å². The Morgan fingerprint density at radius 1 is 1.25 bits per heavy atom. The van der Waals surface area contributed by atoms with Gasteiger partial charge in [-0.1, -0.05) is 6.08 Å². The second kappa shape index (κ2) is 7.08. The second-order valence-electron chi connectivity index (χ2n) is 1.26. The van der Waals surface area contributed by atoms with Crippen LogP contribution in [0.15, 0.2) is 12.3 Å². The van der Waals surface area contributed by atoms with Crippen LogP contribution in [0.2, 0.25) is 0 Å². The zero-order chi connectivity index (χ0) is 4.24. The third-order valence-electron chi connectivity index (χ3n) is 0.739. The first-order valence-electron chi connectivity index (χ1n) is 2.13. The van der Waals surface area contributed by atoms with E-state index in [1.165, 1.54) is 0 Å². The third-order valence-corrected chi connectivity index (χ3v) is 0.739. The molecule has 0 fully saturated rings. The minimum Gasteiger partial charge on any atom is -0.329 e. The van der Waals surface area contributed by atoms with E-state index in [1.54, 1.807) is 0 Å². The van der Waals surface area contributed by atoms with Gasteiger partial charge in [0.15, 0.2) is 0 Å². The number of rotatable bonds is 0. The van der Waals surface area contributed by atoms with Gasteiger partial charge in [-0.15, -0.1) is 24.8 Å². The lowest BCUT2D eigenvalue weighted by Gasteiger charge is -2.04. The van der Waals surface area contributed by atoms with Gasteiger partial charge < -0.3 is 5.43 Å². The lowest BCUT2D eigenvalue weighted by Crippen LogP contribution is -2.30. The molecule has 1 heterocycles. The van der Waals surface area contributed by atoms with Crippen LogP contribution in [0, 0.1) is 0 Å². The Kier molecular flexibility index (Phi) is 9.70. The van der Waals surface area contributed by atoms with Crippen LogP contribution in [0.3, 0.4) is 0 Å². The highest BCUT2D eigenvalue weighted by Gasteiger charge is 1.82. The minimum atomic E-state index is 0. The average molecular weight is 157 g/mol. The molecule has 2 N–H and O–H groups in total. The van der Waals surface area contributed by atoms with Crippen LogP contribution in [0.25, 0.3) is 0 Å². The van der Waals surface area contributed by atoms with E-state index in [4.69, 9.17) is 0 Å². The molecule has 2 nitrogen and oxygen atoms in total. The van der Waals surface area contributed by atoms with Gasteiger partial charge in [0.05, 0.1) is 0 Å². The zero-order valence-corrected chi connectivity index (χ0v) is 6.02. The molecule has 0 saturated carbocycles. The Morgan fingerprint density at radius 2 is 2.00 bits per heavy atom. The number of hydrazine groups is 1. The van der Waals surface area contributed by atoms with E-state index in [0.29, 0.717) is 0 Å². The van der Waals surface area contributed by atoms with Gasteiger partial charge in [0, 0.05) is 12.7 Å². The summed E-state index contributed by atoms with van der Waals surface area (Å²) >= 11 is 0. The highest BCUT2D eigenvalue weighted by molar-refractivity contribution is 5.85. The monoisotopic (exact) mass is 156 g/mol. The molecule has 0 radical (unpaired) electrons. The molecule has 0 unspecified atom stereocenters. The number of nitrogens with one attached hydrogen (secondary N) is 2. The maximum absolute atomic E-state index is 2.95. The Bertz CT molecular complexity index is 57.1. The van der Waals surface area contributed by atoms with Gasteiger partial charge in [-0.05, 0) is 6.42 Å². The first kappa shape index (κ1) is 11.0. The van der Waals surface area contributed by atoms with E-state index >= 15 is 0 Å². The molecule has 1 rings (SSSR count). The molecule has 0 bridgehead atoms. The highest BCUT2D eigenvalue weighted by Crippen LogP contribution is 1.79. The molecule has 0 aliphatic carbocycles. The Labute approximate surface area is 61.5 Å². The molecule has 0 spiro atoms. The molecule has 0 saturated heterocycles. The van der Waals surface area contributed by atoms with Crippen molar-refractivity contribution in [3.05, 3.63) is 12.3 Å². The van der Waals surface area contributed by atoms with Gasteiger partial charge in [0.1, 0.15) is 0 Å². The summed E-state index contributed by atoms with van der Waals surface area (Å²) in [5.41, 5.74) is 5.80. The van der Waals surface area contributed by atoms with Crippen LogP contribution in [0.4, 0.5) is 0 Å². The van der Waals surface area contributed by atoms with Crippen LogP contribution >= 0.6 is 24.8 Å². The lowest BCUT2D eigenvalue weighted by atomic mass is 10.4. The van der Waals surface area contributed by atoms with Gasteiger partial charge >= 0.3 is 0 Å². The average Bonchev–Trinajstić information content (AvgIpc) is 1.72. The highest BCUT2D eigenvalue weighted by atomic mass is 35.5. The Balaban J connectivity index is 0. The van der Waals surface area contributed by atoms with E-state index in [0.717, 1.165) is 13.0 Å². The lowest BCUT2D eigenvalue weighted by molar-refractivity contribution is 0.605. The zero-order valence-electron chi connectivity index (χ0n) is 4.39. The SMILES string of the molecule is C1=CNNCC1.Cl.Cl. The summed E-state index contributed by atoms with van der Waals surface area (Å²) in [5.74, 6) is 0. The predicted octanol–water partition coefficient (Wildman–Crippen LogP) is 0.842. The van der Waals surface area contributed by atoms with Crippen molar-refractivity contribution in [1.29, 1.82) is 0 Å². The normalized spacial score (nSPS) is 15.0. The first-order valence-corrected chi connectivity index (χ1v) is 2.13. The molecule has 1 aliphatic rings. The fourth-order valence-electron chi connectivity index (χ4n) is 0.429. The predicted molar refractivity (Wildman–Crippen MR) is 39.4 cm³/mol. The topological polar surface area (TPSA) is 24.1 Å². The van der Waals surface area contributed by atoms with Crippen LogP contribution in [0.1, 0.15) is 6.42 Å². The molecule has 1 aliphatic heterocycles. The van der Waals surface area contributed by atoms with E-state index < -0.39 is 0 Å². The molecule has 0 aromatic heterocycles. The van der Waals surface area contributed by atoms with Crippen molar-refractivity contribution in [3.8, 4) is 0 Å². The molecule has 0 amide bonds. The Morgan fingerprint density at radius 3 is 2.12 bits per heavy atom. The molecular weight excluding hydrogens is 147 g/mol. The summed E-state index contributed by atoms with van der Waals surface area (Å²) in [4.78, 5) is 0. The second-order valence-corrected chi connectivity index (χ2v) is 1.26. The van der Waals surface area contributed by atoms with Gasteiger partial charge in [0.25, 0.3) is 0 Å². The quantitative estimate of drug-likeness (QED) is 0.544. The van der Waals surface area contributed by atoms with E-state index in [2.05, 4.69) is 16.9 Å². The summed E-state index contributed by atoms with van der Waals surface area (Å²) in [7, 11) is 0. The molecule has 0 aromatic carbocycles. The molecule has 50 valence electrons. The van der Waals surface area contributed by atoms with Crippen LogP contribution in [-0.4, -0.2) is 6.54 Å². The van der Waals surface area contributed by atoms with E-state index in [1.807, 2.05) is 6.20 Å².